The Hall–Kier alpha value is -2.80. The lowest BCUT2D eigenvalue weighted by molar-refractivity contribution is 0.0377. The SMILES string of the molecule is Cc1cc(C)n2nc(C(=O)N3CC[C@H](c4ccc(F)cc4)[C@@H](O)C3)cc2n1. The van der Waals surface area contributed by atoms with Gasteiger partial charge in [0.2, 0.25) is 0 Å². The van der Waals surface area contributed by atoms with Gasteiger partial charge >= 0.3 is 0 Å². The Morgan fingerprint density at radius 3 is 2.67 bits per heavy atom. The van der Waals surface area contributed by atoms with Crippen molar-refractivity contribution in [1.82, 2.24) is 19.5 Å². The highest BCUT2D eigenvalue weighted by Crippen LogP contribution is 2.29. The quantitative estimate of drug-likeness (QED) is 0.754. The molecule has 0 radical (unpaired) electrons. The molecule has 1 fully saturated rings. The lowest BCUT2D eigenvalue weighted by Gasteiger charge is -2.35. The summed E-state index contributed by atoms with van der Waals surface area (Å²) in [6, 6.07) is 9.77. The summed E-state index contributed by atoms with van der Waals surface area (Å²) in [5, 5.41) is 14.9. The molecule has 0 bridgehead atoms. The number of hydrogen-bond donors (Lipinski definition) is 1. The van der Waals surface area contributed by atoms with Crippen LogP contribution in [0.15, 0.2) is 36.4 Å². The van der Waals surface area contributed by atoms with Crippen LogP contribution in [0.2, 0.25) is 0 Å². The van der Waals surface area contributed by atoms with Gasteiger partial charge in [0.25, 0.3) is 5.91 Å². The predicted octanol–water partition coefficient (Wildman–Crippen LogP) is 2.48. The van der Waals surface area contributed by atoms with E-state index in [9.17, 15) is 14.3 Å². The van der Waals surface area contributed by atoms with E-state index in [1.165, 1.54) is 12.1 Å². The highest BCUT2D eigenvalue weighted by molar-refractivity contribution is 5.93. The third-order valence-corrected chi connectivity index (χ3v) is 5.12. The Balaban J connectivity index is 1.52. The van der Waals surface area contributed by atoms with Gasteiger partial charge in [0.05, 0.1) is 6.10 Å². The Kier molecular flexibility index (Phi) is 4.39. The number of β-amino-alcohol motifs (C(OH)–C–C–N with tert-alkyl or cyclic N) is 1. The summed E-state index contributed by atoms with van der Waals surface area (Å²) in [4.78, 5) is 18.9. The Labute approximate surface area is 156 Å². The first kappa shape index (κ1) is 17.6. The van der Waals surface area contributed by atoms with Gasteiger partial charge < -0.3 is 10.0 Å². The summed E-state index contributed by atoms with van der Waals surface area (Å²) in [6.45, 7) is 4.55. The van der Waals surface area contributed by atoms with Gasteiger partial charge in [-0.05, 0) is 44.0 Å². The average molecular weight is 368 g/mol. The van der Waals surface area contributed by atoms with E-state index >= 15 is 0 Å². The van der Waals surface area contributed by atoms with E-state index in [1.807, 2.05) is 19.9 Å². The van der Waals surface area contributed by atoms with Crippen LogP contribution < -0.4 is 0 Å². The van der Waals surface area contributed by atoms with Crippen LogP contribution in [0, 0.1) is 19.7 Å². The van der Waals surface area contributed by atoms with E-state index in [0.29, 0.717) is 24.3 Å². The summed E-state index contributed by atoms with van der Waals surface area (Å²) < 4.78 is 14.8. The van der Waals surface area contributed by atoms with Gasteiger partial charge in [0.1, 0.15) is 5.82 Å². The molecule has 6 nitrogen and oxygen atoms in total. The number of likely N-dealkylation sites (tertiary alicyclic amines) is 1. The lowest BCUT2D eigenvalue weighted by Crippen LogP contribution is -2.45. The van der Waals surface area contributed by atoms with Crippen molar-refractivity contribution in [3.05, 3.63) is 64.9 Å². The molecule has 1 aliphatic heterocycles. The zero-order valence-electron chi connectivity index (χ0n) is 15.3. The summed E-state index contributed by atoms with van der Waals surface area (Å²) in [5.74, 6) is -0.622. The zero-order valence-corrected chi connectivity index (χ0v) is 15.3. The maximum Gasteiger partial charge on any atom is 0.274 e. The maximum atomic E-state index is 13.1. The molecule has 0 spiro atoms. The number of benzene rings is 1. The molecular weight excluding hydrogens is 347 g/mol. The Morgan fingerprint density at radius 2 is 1.96 bits per heavy atom. The molecule has 0 unspecified atom stereocenters. The molecule has 7 heteroatoms. The molecule has 1 saturated heterocycles. The fraction of sp³-hybridized carbons (Fsp3) is 0.350. The maximum absolute atomic E-state index is 13.1. The minimum atomic E-state index is -0.702. The van der Waals surface area contributed by atoms with Crippen molar-refractivity contribution < 1.29 is 14.3 Å². The highest BCUT2D eigenvalue weighted by atomic mass is 19.1. The summed E-state index contributed by atoms with van der Waals surface area (Å²) in [6.07, 6.45) is -0.0882. The van der Waals surface area contributed by atoms with Crippen LogP contribution in [-0.2, 0) is 0 Å². The molecular formula is C20H21FN4O2. The third kappa shape index (κ3) is 3.30. The van der Waals surface area contributed by atoms with Crippen LogP contribution in [-0.4, -0.2) is 49.7 Å². The number of piperidine rings is 1. The second-order valence-corrected chi connectivity index (χ2v) is 7.10. The molecule has 1 aliphatic rings. The zero-order chi connectivity index (χ0) is 19.1. The van der Waals surface area contributed by atoms with E-state index in [2.05, 4.69) is 10.1 Å². The number of hydrogen-bond acceptors (Lipinski definition) is 4. The predicted molar refractivity (Wildman–Crippen MR) is 98.1 cm³/mol. The number of fused-ring (bicyclic) bond motifs is 1. The van der Waals surface area contributed by atoms with Crippen LogP contribution in [0.4, 0.5) is 4.39 Å². The summed E-state index contributed by atoms with van der Waals surface area (Å²) >= 11 is 0. The molecule has 4 rings (SSSR count). The second-order valence-electron chi connectivity index (χ2n) is 7.10. The lowest BCUT2D eigenvalue weighted by atomic mass is 9.87. The fourth-order valence-electron chi connectivity index (χ4n) is 3.77. The van der Waals surface area contributed by atoms with Crippen molar-refractivity contribution in [3.63, 3.8) is 0 Å². The number of nitrogens with zero attached hydrogens (tertiary/aromatic N) is 4. The molecule has 2 atom stereocenters. The molecule has 27 heavy (non-hydrogen) atoms. The number of aliphatic hydroxyl groups is 1. The van der Waals surface area contributed by atoms with Gasteiger partial charge in [-0.2, -0.15) is 5.10 Å². The normalized spacial score (nSPS) is 20.2. The first-order chi connectivity index (χ1) is 12.9. The smallest absolute Gasteiger partial charge is 0.274 e. The first-order valence-electron chi connectivity index (χ1n) is 8.99. The Bertz CT molecular complexity index is 999. The van der Waals surface area contributed by atoms with E-state index < -0.39 is 6.10 Å². The largest absolute Gasteiger partial charge is 0.391 e. The first-order valence-corrected chi connectivity index (χ1v) is 8.99. The van der Waals surface area contributed by atoms with E-state index in [1.54, 1.807) is 27.6 Å². The van der Waals surface area contributed by atoms with Crippen LogP contribution in [0.25, 0.3) is 5.65 Å². The van der Waals surface area contributed by atoms with Crippen LogP contribution in [0.3, 0.4) is 0 Å². The molecule has 1 amide bonds. The van der Waals surface area contributed by atoms with Gasteiger partial charge in [0.15, 0.2) is 11.3 Å². The van der Waals surface area contributed by atoms with Crippen LogP contribution in [0.5, 0.6) is 0 Å². The monoisotopic (exact) mass is 368 g/mol. The number of carbonyl (C=O) groups is 1. The van der Waals surface area contributed by atoms with Crippen molar-refractivity contribution in [2.45, 2.75) is 32.3 Å². The minimum Gasteiger partial charge on any atom is -0.391 e. The van der Waals surface area contributed by atoms with Crippen LogP contribution >= 0.6 is 0 Å². The summed E-state index contributed by atoms with van der Waals surface area (Å²) in [7, 11) is 0. The average Bonchev–Trinajstić information content (AvgIpc) is 3.06. The molecule has 3 aromatic rings. The number of halogens is 1. The molecule has 2 aromatic heterocycles. The highest BCUT2D eigenvalue weighted by Gasteiger charge is 2.32. The minimum absolute atomic E-state index is 0.109. The van der Waals surface area contributed by atoms with Gasteiger partial charge in [-0.1, -0.05) is 12.1 Å². The number of amides is 1. The van der Waals surface area contributed by atoms with Crippen molar-refractivity contribution in [3.8, 4) is 0 Å². The number of aliphatic hydroxyl groups excluding tert-OH is 1. The third-order valence-electron chi connectivity index (χ3n) is 5.12. The molecule has 140 valence electrons. The van der Waals surface area contributed by atoms with Crippen molar-refractivity contribution >= 4 is 11.6 Å². The number of aromatic nitrogens is 3. The van der Waals surface area contributed by atoms with E-state index in [4.69, 9.17) is 0 Å². The van der Waals surface area contributed by atoms with E-state index in [-0.39, 0.29) is 24.2 Å². The van der Waals surface area contributed by atoms with Crippen molar-refractivity contribution in [1.29, 1.82) is 0 Å². The topological polar surface area (TPSA) is 70.7 Å². The Morgan fingerprint density at radius 1 is 1.22 bits per heavy atom. The number of aryl methyl sites for hydroxylation is 2. The standard InChI is InChI=1S/C20H21FN4O2/c1-12-9-13(2)25-19(22-12)10-17(23-25)20(27)24-8-7-16(18(26)11-24)14-3-5-15(21)6-4-14/h3-6,9-10,16,18,26H,7-8,11H2,1-2H3/t16-,18+/m1/s1. The van der Waals surface area contributed by atoms with Crippen LogP contribution in [0.1, 0.15) is 39.8 Å². The van der Waals surface area contributed by atoms with Gasteiger partial charge in [-0.15, -0.1) is 0 Å². The van der Waals surface area contributed by atoms with Gasteiger partial charge in [-0.3, -0.25) is 4.79 Å². The fourth-order valence-corrected chi connectivity index (χ4v) is 3.77. The van der Waals surface area contributed by atoms with Crippen molar-refractivity contribution in [2.75, 3.05) is 13.1 Å². The van der Waals surface area contributed by atoms with Gasteiger partial charge in [0, 0.05) is 36.5 Å². The molecule has 1 aromatic carbocycles. The molecule has 3 heterocycles. The molecule has 1 N–H and O–H groups in total. The molecule has 0 saturated carbocycles. The van der Waals surface area contributed by atoms with E-state index in [0.717, 1.165) is 17.0 Å². The second kappa shape index (κ2) is 6.74. The van der Waals surface area contributed by atoms with Gasteiger partial charge in [-0.25, -0.2) is 13.9 Å². The summed E-state index contributed by atoms with van der Waals surface area (Å²) in [5.41, 5.74) is 3.63. The molecule has 0 aliphatic carbocycles. The number of rotatable bonds is 2. The number of carbonyl (C=O) groups excluding carboxylic acids is 1. The van der Waals surface area contributed by atoms with Crippen molar-refractivity contribution in [2.24, 2.45) is 0 Å².